The van der Waals surface area contributed by atoms with Gasteiger partial charge in [-0.25, -0.2) is 9.97 Å². The second kappa shape index (κ2) is 9.60. The van der Waals surface area contributed by atoms with E-state index in [1.165, 1.54) is 12.4 Å². The molecule has 0 saturated carbocycles. The normalized spacial score (nSPS) is 15.1. The van der Waals surface area contributed by atoms with Crippen molar-refractivity contribution in [3.05, 3.63) is 72.6 Å². The number of aromatic nitrogens is 2. The smallest absolute Gasteiger partial charge is 0.263 e. The maximum atomic E-state index is 13.4. The molecule has 0 radical (unpaired) electrons. The largest absolute Gasteiger partial charge is 0.477 e. The summed E-state index contributed by atoms with van der Waals surface area (Å²) in [5.41, 5.74) is 1.85. The molecule has 7 nitrogen and oxygen atoms in total. The summed E-state index contributed by atoms with van der Waals surface area (Å²) in [7, 11) is 0. The number of anilines is 1. The molecule has 7 heteroatoms. The molecule has 1 unspecified atom stereocenters. The highest BCUT2D eigenvalue weighted by molar-refractivity contribution is 6.07. The molecule has 1 N–H and O–H groups in total. The highest BCUT2D eigenvalue weighted by Crippen LogP contribution is 2.34. The van der Waals surface area contributed by atoms with Crippen LogP contribution < -0.4 is 15.0 Å². The number of para-hydroxylation sites is 2. The third-order valence-corrected chi connectivity index (χ3v) is 5.57. The number of amides is 2. The SMILES string of the molecule is CCC(CC)NC(=O)C1CN(C(=O)c2cnc(-c3ccccc3)nc2)c2ccccc2O1. The molecule has 0 aliphatic carbocycles. The lowest BCUT2D eigenvalue weighted by Crippen LogP contribution is -2.52. The van der Waals surface area contributed by atoms with Crippen molar-refractivity contribution in [2.24, 2.45) is 0 Å². The highest BCUT2D eigenvalue weighted by Gasteiger charge is 2.34. The van der Waals surface area contributed by atoms with Crippen LogP contribution in [0.3, 0.4) is 0 Å². The Kier molecular flexibility index (Phi) is 6.44. The van der Waals surface area contributed by atoms with Crippen molar-refractivity contribution in [1.29, 1.82) is 0 Å². The fraction of sp³-hybridized carbons (Fsp3) is 0.280. The lowest BCUT2D eigenvalue weighted by Gasteiger charge is -2.34. The second-order valence-corrected chi connectivity index (χ2v) is 7.67. The molecule has 0 spiro atoms. The van der Waals surface area contributed by atoms with Gasteiger partial charge < -0.3 is 15.0 Å². The van der Waals surface area contributed by atoms with E-state index < -0.39 is 6.10 Å². The zero-order valence-electron chi connectivity index (χ0n) is 18.2. The number of hydrogen-bond donors (Lipinski definition) is 1. The fourth-order valence-electron chi connectivity index (χ4n) is 3.68. The molecule has 2 heterocycles. The van der Waals surface area contributed by atoms with Crippen LogP contribution in [-0.2, 0) is 4.79 Å². The Bertz CT molecular complexity index is 1080. The van der Waals surface area contributed by atoms with Gasteiger partial charge in [0.05, 0.1) is 17.8 Å². The first-order chi connectivity index (χ1) is 15.6. The van der Waals surface area contributed by atoms with E-state index in [1.807, 2.05) is 56.3 Å². The van der Waals surface area contributed by atoms with Crippen molar-refractivity contribution in [3.63, 3.8) is 0 Å². The number of rotatable bonds is 6. The molecule has 32 heavy (non-hydrogen) atoms. The van der Waals surface area contributed by atoms with Gasteiger partial charge in [-0.3, -0.25) is 9.59 Å². The molecule has 4 rings (SSSR count). The van der Waals surface area contributed by atoms with E-state index in [0.29, 0.717) is 22.8 Å². The summed E-state index contributed by atoms with van der Waals surface area (Å²) in [6.07, 6.45) is 3.92. The first-order valence-electron chi connectivity index (χ1n) is 10.9. The van der Waals surface area contributed by atoms with E-state index in [9.17, 15) is 9.59 Å². The van der Waals surface area contributed by atoms with Crippen LogP contribution in [0.15, 0.2) is 67.0 Å². The molecule has 1 aromatic heterocycles. The minimum atomic E-state index is -0.793. The molecule has 1 atom stereocenters. The Morgan fingerprint density at radius 1 is 1.03 bits per heavy atom. The molecule has 1 aliphatic rings. The Morgan fingerprint density at radius 2 is 1.69 bits per heavy atom. The average molecular weight is 431 g/mol. The number of nitrogens with one attached hydrogen (secondary N) is 1. The number of ether oxygens (including phenoxy) is 1. The minimum Gasteiger partial charge on any atom is -0.477 e. The summed E-state index contributed by atoms with van der Waals surface area (Å²) < 4.78 is 5.94. The fourth-order valence-corrected chi connectivity index (χ4v) is 3.68. The van der Waals surface area contributed by atoms with Crippen LogP contribution in [0.2, 0.25) is 0 Å². The van der Waals surface area contributed by atoms with Gasteiger partial charge in [0.1, 0.15) is 5.75 Å². The Labute approximate surface area is 187 Å². The van der Waals surface area contributed by atoms with Crippen LogP contribution in [0.25, 0.3) is 11.4 Å². The Morgan fingerprint density at radius 3 is 2.38 bits per heavy atom. The molecular formula is C25H26N4O3. The van der Waals surface area contributed by atoms with Crippen LogP contribution in [0.1, 0.15) is 37.0 Å². The van der Waals surface area contributed by atoms with Gasteiger partial charge in [-0.05, 0) is 25.0 Å². The summed E-state index contributed by atoms with van der Waals surface area (Å²) in [5.74, 6) is 0.549. The molecule has 0 bridgehead atoms. The van der Waals surface area contributed by atoms with Crippen LogP contribution in [0.4, 0.5) is 5.69 Å². The lowest BCUT2D eigenvalue weighted by atomic mass is 10.1. The summed E-state index contributed by atoms with van der Waals surface area (Å²) in [4.78, 5) is 36.5. The van der Waals surface area contributed by atoms with Gasteiger partial charge in [0.25, 0.3) is 11.8 Å². The predicted octanol–water partition coefficient (Wildman–Crippen LogP) is 3.86. The van der Waals surface area contributed by atoms with E-state index >= 15 is 0 Å². The molecular weight excluding hydrogens is 404 g/mol. The quantitative estimate of drug-likeness (QED) is 0.642. The summed E-state index contributed by atoms with van der Waals surface area (Å²) in [6, 6.07) is 16.9. The van der Waals surface area contributed by atoms with Crippen molar-refractivity contribution >= 4 is 17.5 Å². The predicted molar refractivity (Wildman–Crippen MR) is 123 cm³/mol. The zero-order valence-corrected chi connectivity index (χ0v) is 18.2. The van der Waals surface area contributed by atoms with Crippen LogP contribution in [0, 0.1) is 0 Å². The molecule has 2 aromatic carbocycles. The third kappa shape index (κ3) is 4.46. The van der Waals surface area contributed by atoms with E-state index in [0.717, 1.165) is 18.4 Å². The number of hydrogen-bond acceptors (Lipinski definition) is 5. The van der Waals surface area contributed by atoms with Crippen molar-refractivity contribution in [2.45, 2.75) is 38.8 Å². The number of benzene rings is 2. The second-order valence-electron chi connectivity index (χ2n) is 7.67. The molecule has 0 fully saturated rings. The summed E-state index contributed by atoms with van der Waals surface area (Å²) in [6.45, 7) is 4.17. The average Bonchev–Trinajstić information content (AvgIpc) is 2.86. The standard InChI is InChI=1S/C25H26N4O3/c1-3-19(4-2)28-24(30)22-16-29(20-12-8-9-13-21(20)32-22)25(31)18-14-26-23(27-15-18)17-10-6-5-7-11-17/h5-15,19,22H,3-4,16H2,1-2H3,(H,28,30). The van der Waals surface area contributed by atoms with Crippen molar-refractivity contribution in [3.8, 4) is 17.1 Å². The number of nitrogens with zero attached hydrogens (tertiary/aromatic N) is 3. The first-order valence-corrected chi connectivity index (χ1v) is 10.9. The van der Waals surface area contributed by atoms with Crippen molar-refractivity contribution in [1.82, 2.24) is 15.3 Å². The topological polar surface area (TPSA) is 84.4 Å². The molecule has 164 valence electrons. The van der Waals surface area contributed by atoms with Gasteiger partial charge in [-0.2, -0.15) is 0 Å². The van der Waals surface area contributed by atoms with Gasteiger partial charge in [0, 0.05) is 24.0 Å². The van der Waals surface area contributed by atoms with Gasteiger partial charge in [0.15, 0.2) is 11.9 Å². The van der Waals surface area contributed by atoms with Gasteiger partial charge in [-0.15, -0.1) is 0 Å². The number of carbonyl (C=O) groups is 2. The van der Waals surface area contributed by atoms with Gasteiger partial charge in [-0.1, -0.05) is 56.3 Å². The Hall–Kier alpha value is -3.74. The zero-order chi connectivity index (χ0) is 22.5. The van der Waals surface area contributed by atoms with Crippen molar-refractivity contribution < 1.29 is 14.3 Å². The van der Waals surface area contributed by atoms with Crippen molar-refractivity contribution in [2.75, 3.05) is 11.4 Å². The maximum Gasteiger partial charge on any atom is 0.263 e. The first kappa shape index (κ1) is 21.5. The third-order valence-electron chi connectivity index (χ3n) is 5.57. The lowest BCUT2D eigenvalue weighted by molar-refractivity contribution is -0.128. The molecule has 3 aromatic rings. The van der Waals surface area contributed by atoms with Gasteiger partial charge >= 0.3 is 0 Å². The van der Waals surface area contributed by atoms with E-state index in [2.05, 4.69) is 15.3 Å². The van der Waals surface area contributed by atoms with Crippen LogP contribution in [-0.4, -0.2) is 40.5 Å². The van der Waals surface area contributed by atoms with E-state index in [1.54, 1.807) is 17.0 Å². The highest BCUT2D eigenvalue weighted by atomic mass is 16.5. The van der Waals surface area contributed by atoms with E-state index in [-0.39, 0.29) is 24.4 Å². The number of carbonyl (C=O) groups excluding carboxylic acids is 2. The van der Waals surface area contributed by atoms with Crippen LogP contribution >= 0.6 is 0 Å². The number of fused-ring (bicyclic) bond motifs is 1. The minimum absolute atomic E-state index is 0.0753. The molecule has 2 amide bonds. The van der Waals surface area contributed by atoms with E-state index in [4.69, 9.17) is 4.74 Å². The van der Waals surface area contributed by atoms with Gasteiger partial charge in [0.2, 0.25) is 0 Å². The van der Waals surface area contributed by atoms with Crippen LogP contribution in [0.5, 0.6) is 5.75 Å². The monoisotopic (exact) mass is 430 g/mol. The maximum absolute atomic E-state index is 13.4. The Balaban J connectivity index is 1.58. The summed E-state index contributed by atoms with van der Waals surface area (Å²) >= 11 is 0. The molecule has 0 saturated heterocycles. The molecule has 1 aliphatic heterocycles. The summed E-state index contributed by atoms with van der Waals surface area (Å²) in [5, 5.41) is 3.02.